The van der Waals surface area contributed by atoms with Gasteiger partial charge >= 0.3 is 0 Å². The van der Waals surface area contributed by atoms with Gasteiger partial charge in [0.25, 0.3) is 5.56 Å². The Bertz CT molecular complexity index is 1350. The van der Waals surface area contributed by atoms with Gasteiger partial charge in [0.15, 0.2) is 0 Å². The van der Waals surface area contributed by atoms with Crippen LogP contribution in [0.5, 0.6) is 0 Å². The van der Waals surface area contributed by atoms with Gasteiger partial charge in [-0.1, -0.05) is 71.7 Å². The minimum atomic E-state index is -0.232. The summed E-state index contributed by atoms with van der Waals surface area (Å²) in [6.07, 6.45) is 3.15. The van der Waals surface area contributed by atoms with Gasteiger partial charge < -0.3 is 9.88 Å². The van der Waals surface area contributed by atoms with Gasteiger partial charge in [0.2, 0.25) is 5.91 Å². The molecular weight excluding hydrogens is 445 g/mol. The smallest absolute Gasteiger partial charge is 0.258 e. The number of rotatable bonds is 6. The zero-order valence-corrected chi connectivity index (χ0v) is 18.5. The maximum absolute atomic E-state index is 13.1. The van der Waals surface area contributed by atoms with Crippen molar-refractivity contribution in [3.05, 3.63) is 116 Å². The molecule has 5 nitrogen and oxygen atoms in total. The van der Waals surface area contributed by atoms with E-state index in [-0.39, 0.29) is 18.0 Å². The third-order valence-corrected chi connectivity index (χ3v) is 5.63. The number of amides is 1. The molecule has 7 heteroatoms. The van der Waals surface area contributed by atoms with Crippen LogP contribution in [0.25, 0.3) is 17.0 Å². The summed E-state index contributed by atoms with van der Waals surface area (Å²) in [5.74, 6) is 0.191. The van der Waals surface area contributed by atoms with Gasteiger partial charge in [-0.05, 0) is 41.5 Å². The van der Waals surface area contributed by atoms with E-state index in [1.54, 1.807) is 47.4 Å². The summed E-state index contributed by atoms with van der Waals surface area (Å²) in [6, 6.07) is 21.9. The molecule has 160 valence electrons. The number of aromatic nitrogens is 2. The zero-order chi connectivity index (χ0) is 22.5. The second-order valence-electron chi connectivity index (χ2n) is 7.22. The van der Waals surface area contributed by atoms with E-state index < -0.39 is 0 Å². The van der Waals surface area contributed by atoms with Crippen LogP contribution >= 0.6 is 23.2 Å². The van der Waals surface area contributed by atoms with E-state index >= 15 is 0 Å². The number of fused-ring (bicyclic) bond motifs is 1. The number of carbonyl (C=O) groups excluding carboxylic acids is 1. The highest BCUT2D eigenvalue weighted by Gasteiger charge is 2.15. The predicted molar refractivity (Wildman–Crippen MR) is 129 cm³/mol. The molecule has 0 aliphatic carbocycles. The molecule has 0 atom stereocenters. The summed E-state index contributed by atoms with van der Waals surface area (Å²) in [4.78, 5) is 34.5. The first-order chi connectivity index (χ1) is 15.5. The normalized spacial score (nSPS) is 11.2. The summed E-state index contributed by atoms with van der Waals surface area (Å²) in [5.41, 5.74) is 2.07. The molecule has 1 N–H and O–H groups in total. The molecular formula is C25H19Cl2N3O2. The first-order valence-corrected chi connectivity index (χ1v) is 10.7. The first kappa shape index (κ1) is 21.8. The Balaban J connectivity index is 1.62. The molecule has 32 heavy (non-hydrogen) atoms. The van der Waals surface area contributed by atoms with E-state index in [4.69, 9.17) is 23.2 Å². The molecule has 0 spiro atoms. The summed E-state index contributed by atoms with van der Waals surface area (Å²) in [5, 5.41) is 1.38. The van der Waals surface area contributed by atoms with Crippen LogP contribution in [0.4, 0.5) is 0 Å². The highest BCUT2D eigenvalue weighted by Crippen LogP contribution is 2.23. The largest absolute Gasteiger partial charge is 0.327 e. The third-order valence-electron chi connectivity index (χ3n) is 4.89. The van der Waals surface area contributed by atoms with E-state index in [1.807, 2.05) is 36.4 Å². The minimum absolute atomic E-state index is 0.152. The fourth-order valence-corrected chi connectivity index (χ4v) is 3.60. The number of carbonyl (C=O) groups is 1. The van der Waals surface area contributed by atoms with Gasteiger partial charge in [-0.15, -0.1) is 0 Å². The number of benzene rings is 3. The Morgan fingerprint density at radius 2 is 1.69 bits per heavy atom. The van der Waals surface area contributed by atoms with Crippen LogP contribution in [0.2, 0.25) is 10.0 Å². The lowest BCUT2D eigenvalue weighted by molar-refractivity contribution is -0.127. The number of nitrogens with zero attached hydrogens (tertiary/aromatic N) is 2. The first-order valence-electron chi connectivity index (χ1n) is 9.93. The molecule has 0 saturated carbocycles. The van der Waals surface area contributed by atoms with Crippen molar-refractivity contribution in [2.24, 2.45) is 0 Å². The standard InChI is InChI=1S/C25H19Cl2N3O2/c26-20-12-10-17(14-21(20)27)11-13-24(31)30(15-18-6-2-1-3-7-18)16-23-28-22-9-5-4-8-19(22)25(32)29-23/h1-14H,15-16H2,(H,28,29,32)/b13-11+. The van der Waals surface area contributed by atoms with Crippen molar-refractivity contribution in [1.82, 2.24) is 14.9 Å². The fourth-order valence-electron chi connectivity index (χ4n) is 3.30. The van der Waals surface area contributed by atoms with E-state index in [0.29, 0.717) is 33.3 Å². The number of aromatic amines is 1. The van der Waals surface area contributed by atoms with Crippen LogP contribution in [-0.2, 0) is 17.9 Å². The molecule has 0 unspecified atom stereocenters. The van der Waals surface area contributed by atoms with Gasteiger partial charge in [0.1, 0.15) is 5.82 Å². The van der Waals surface area contributed by atoms with Gasteiger partial charge in [0, 0.05) is 12.6 Å². The van der Waals surface area contributed by atoms with E-state index in [1.165, 1.54) is 6.08 Å². The number of nitrogens with one attached hydrogen (secondary N) is 1. The van der Waals surface area contributed by atoms with Crippen LogP contribution in [0.3, 0.4) is 0 Å². The maximum atomic E-state index is 13.1. The van der Waals surface area contributed by atoms with Crippen LogP contribution in [-0.4, -0.2) is 20.8 Å². The van der Waals surface area contributed by atoms with E-state index in [9.17, 15) is 9.59 Å². The molecule has 1 aromatic heterocycles. The fraction of sp³-hybridized carbons (Fsp3) is 0.0800. The molecule has 4 rings (SSSR count). The Labute approximate surface area is 194 Å². The Hall–Kier alpha value is -3.41. The van der Waals surface area contributed by atoms with Crippen LogP contribution < -0.4 is 5.56 Å². The van der Waals surface area contributed by atoms with Crippen molar-refractivity contribution >= 4 is 46.1 Å². The van der Waals surface area contributed by atoms with Crippen molar-refractivity contribution in [3.8, 4) is 0 Å². The zero-order valence-electron chi connectivity index (χ0n) is 17.0. The Morgan fingerprint density at radius 1 is 0.938 bits per heavy atom. The lowest BCUT2D eigenvalue weighted by atomic mass is 10.2. The molecule has 0 fully saturated rings. The predicted octanol–water partition coefficient (Wildman–Crippen LogP) is 5.47. The van der Waals surface area contributed by atoms with E-state index in [0.717, 1.165) is 11.1 Å². The molecule has 0 aliphatic heterocycles. The average molecular weight is 464 g/mol. The third kappa shape index (κ3) is 5.25. The monoisotopic (exact) mass is 463 g/mol. The molecule has 0 saturated heterocycles. The number of hydrogen-bond donors (Lipinski definition) is 1. The van der Waals surface area contributed by atoms with Crippen molar-refractivity contribution in [2.45, 2.75) is 13.1 Å². The molecule has 1 heterocycles. The van der Waals surface area contributed by atoms with Crippen LogP contribution in [0, 0.1) is 0 Å². The second kappa shape index (κ2) is 9.81. The lowest BCUT2D eigenvalue weighted by Crippen LogP contribution is -2.30. The summed E-state index contributed by atoms with van der Waals surface area (Å²) in [7, 11) is 0. The second-order valence-corrected chi connectivity index (χ2v) is 8.03. The highest BCUT2D eigenvalue weighted by molar-refractivity contribution is 6.42. The lowest BCUT2D eigenvalue weighted by Gasteiger charge is -2.21. The Morgan fingerprint density at radius 3 is 2.47 bits per heavy atom. The average Bonchev–Trinajstić information content (AvgIpc) is 2.80. The molecule has 0 bridgehead atoms. The van der Waals surface area contributed by atoms with Crippen molar-refractivity contribution < 1.29 is 4.79 Å². The van der Waals surface area contributed by atoms with Crippen LogP contribution in [0.15, 0.2) is 83.7 Å². The molecule has 1 amide bonds. The maximum Gasteiger partial charge on any atom is 0.258 e. The number of hydrogen-bond acceptors (Lipinski definition) is 3. The van der Waals surface area contributed by atoms with Crippen molar-refractivity contribution in [1.29, 1.82) is 0 Å². The highest BCUT2D eigenvalue weighted by atomic mass is 35.5. The topological polar surface area (TPSA) is 66.1 Å². The van der Waals surface area contributed by atoms with Gasteiger partial charge in [-0.3, -0.25) is 9.59 Å². The number of para-hydroxylation sites is 1. The van der Waals surface area contributed by atoms with E-state index in [2.05, 4.69) is 9.97 Å². The summed E-state index contributed by atoms with van der Waals surface area (Å²) >= 11 is 12.0. The molecule has 0 aliphatic rings. The SMILES string of the molecule is O=C(/C=C/c1ccc(Cl)c(Cl)c1)N(Cc1ccccc1)Cc1nc2ccccc2c(=O)[nH]1. The van der Waals surface area contributed by atoms with Gasteiger partial charge in [-0.2, -0.15) is 0 Å². The summed E-state index contributed by atoms with van der Waals surface area (Å²) < 4.78 is 0. The quantitative estimate of drug-likeness (QED) is 0.385. The number of halogens is 2. The van der Waals surface area contributed by atoms with Crippen LogP contribution in [0.1, 0.15) is 17.0 Å². The molecule has 0 radical (unpaired) electrons. The van der Waals surface area contributed by atoms with Crippen molar-refractivity contribution in [3.63, 3.8) is 0 Å². The minimum Gasteiger partial charge on any atom is -0.327 e. The van der Waals surface area contributed by atoms with Gasteiger partial charge in [-0.25, -0.2) is 4.98 Å². The van der Waals surface area contributed by atoms with Gasteiger partial charge in [0.05, 0.1) is 27.5 Å². The molecule has 4 aromatic rings. The number of H-pyrrole nitrogens is 1. The molecule has 3 aromatic carbocycles. The summed E-state index contributed by atoms with van der Waals surface area (Å²) in [6.45, 7) is 0.515. The van der Waals surface area contributed by atoms with Crippen molar-refractivity contribution in [2.75, 3.05) is 0 Å². The Kier molecular flexibility index (Phi) is 6.69.